The average Bonchev–Trinajstić information content (AvgIpc) is 3.07. The zero-order chi connectivity index (χ0) is 17.2. The van der Waals surface area contributed by atoms with E-state index >= 15 is 0 Å². The van der Waals surface area contributed by atoms with Gasteiger partial charge in [0, 0.05) is 18.9 Å². The lowest BCUT2D eigenvalue weighted by molar-refractivity contribution is -0.138. The Balaban J connectivity index is 1.78. The Morgan fingerprint density at radius 2 is 2.00 bits per heavy atom. The van der Waals surface area contributed by atoms with Crippen LogP contribution in [0.3, 0.4) is 0 Å². The van der Waals surface area contributed by atoms with Crippen LogP contribution in [0.5, 0.6) is 0 Å². The molecule has 2 heterocycles. The first-order chi connectivity index (χ1) is 11.4. The zero-order valence-electron chi connectivity index (χ0n) is 13.0. The normalized spacial score (nSPS) is 18.6. The Morgan fingerprint density at radius 3 is 2.62 bits per heavy atom. The van der Waals surface area contributed by atoms with E-state index in [9.17, 15) is 18.0 Å². The molecule has 0 saturated carbocycles. The van der Waals surface area contributed by atoms with Gasteiger partial charge in [0.2, 0.25) is 5.91 Å². The highest BCUT2D eigenvalue weighted by molar-refractivity contribution is 5.78. The number of aromatic nitrogens is 2. The highest BCUT2D eigenvalue weighted by Gasteiger charge is 2.32. The van der Waals surface area contributed by atoms with Crippen molar-refractivity contribution in [2.45, 2.75) is 37.9 Å². The second-order valence-corrected chi connectivity index (χ2v) is 5.93. The molecule has 1 amide bonds. The highest BCUT2D eigenvalue weighted by atomic mass is 19.4. The Kier molecular flexibility index (Phi) is 4.59. The van der Waals surface area contributed by atoms with Crippen LogP contribution in [0.1, 0.15) is 42.3 Å². The van der Waals surface area contributed by atoms with Crippen molar-refractivity contribution in [2.24, 2.45) is 0 Å². The van der Waals surface area contributed by atoms with Crippen molar-refractivity contribution in [3.63, 3.8) is 0 Å². The van der Waals surface area contributed by atoms with E-state index in [1.165, 1.54) is 12.1 Å². The van der Waals surface area contributed by atoms with Gasteiger partial charge in [-0.15, -0.1) is 0 Å². The predicted molar refractivity (Wildman–Crippen MR) is 82.0 cm³/mol. The van der Waals surface area contributed by atoms with E-state index in [1.807, 2.05) is 0 Å². The van der Waals surface area contributed by atoms with Gasteiger partial charge in [0.1, 0.15) is 5.82 Å². The summed E-state index contributed by atoms with van der Waals surface area (Å²) in [5, 5.41) is 0. The minimum atomic E-state index is -4.35. The zero-order valence-corrected chi connectivity index (χ0v) is 13.0. The molecule has 1 unspecified atom stereocenters. The molecule has 3 rings (SSSR count). The van der Waals surface area contributed by atoms with Crippen molar-refractivity contribution in [3.8, 4) is 0 Å². The van der Waals surface area contributed by atoms with E-state index in [-0.39, 0.29) is 18.4 Å². The Hall–Kier alpha value is -2.31. The fourth-order valence-corrected chi connectivity index (χ4v) is 3.11. The summed E-state index contributed by atoms with van der Waals surface area (Å²) in [6.45, 7) is 0.616. The van der Waals surface area contributed by atoms with E-state index in [2.05, 4.69) is 9.97 Å². The molecule has 1 aliphatic heterocycles. The van der Waals surface area contributed by atoms with Crippen molar-refractivity contribution in [1.29, 1.82) is 0 Å². The number of hydrogen-bond acceptors (Lipinski definition) is 2. The first-order valence-electron chi connectivity index (χ1n) is 7.90. The number of alkyl halides is 3. The van der Waals surface area contributed by atoms with Gasteiger partial charge in [0.25, 0.3) is 0 Å². The molecule has 1 aliphatic rings. The van der Waals surface area contributed by atoms with Gasteiger partial charge in [0.15, 0.2) is 0 Å². The van der Waals surface area contributed by atoms with Gasteiger partial charge in [-0.2, -0.15) is 13.2 Å². The first kappa shape index (κ1) is 16.5. The maximum absolute atomic E-state index is 12.7. The fourth-order valence-electron chi connectivity index (χ4n) is 3.11. The Labute approximate surface area is 137 Å². The van der Waals surface area contributed by atoms with Crippen molar-refractivity contribution < 1.29 is 18.0 Å². The Morgan fingerprint density at radius 1 is 1.25 bits per heavy atom. The van der Waals surface area contributed by atoms with E-state index in [1.54, 1.807) is 17.3 Å². The molecule has 1 atom stereocenters. The SMILES string of the molecule is O=C(Cc1ncc[nH]1)N1CCCCC1c1ccc(C(F)(F)F)cc1. The van der Waals surface area contributed by atoms with E-state index < -0.39 is 11.7 Å². The van der Waals surface area contributed by atoms with Crippen LogP contribution in [0.4, 0.5) is 13.2 Å². The maximum Gasteiger partial charge on any atom is 0.416 e. The number of imidazole rings is 1. The number of aromatic amines is 1. The second-order valence-electron chi connectivity index (χ2n) is 5.93. The second kappa shape index (κ2) is 6.67. The molecule has 7 heteroatoms. The number of likely N-dealkylation sites (tertiary alicyclic amines) is 1. The molecular formula is C17H18F3N3O. The molecule has 0 aliphatic carbocycles. The van der Waals surface area contributed by atoms with Gasteiger partial charge >= 0.3 is 6.18 Å². The number of hydrogen-bond donors (Lipinski definition) is 1. The molecule has 0 bridgehead atoms. The Bertz CT molecular complexity index is 680. The van der Waals surface area contributed by atoms with Crippen LogP contribution in [0, 0.1) is 0 Å². The molecule has 1 aromatic heterocycles. The number of carbonyl (C=O) groups excluding carboxylic acids is 1. The first-order valence-corrected chi connectivity index (χ1v) is 7.90. The number of carbonyl (C=O) groups is 1. The van der Waals surface area contributed by atoms with Crippen molar-refractivity contribution in [2.75, 3.05) is 6.54 Å². The summed E-state index contributed by atoms with van der Waals surface area (Å²) in [6, 6.07) is 4.94. The molecule has 1 fully saturated rings. The molecule has 128 valence electrons. The summed E-state index contributed by atoms with van der Waals surface area (Å²) in [4.78, 5) is 21.3. The quantitative estimate of drug-likeness (QED) is 0.928. The number of amides is 1. The summed E-state index contributed by atoms with van der Waals surface area (Å²) in [5.74, 6) is 0.534. The summed E-state index contributed by atoms with van der Waals surface area (Å²) in [6.07, 6.45) is 1.69. The molecule has 1 aromatic carbocycles. The van der Waals surface area contributed by atoms with Gasteiger partial charge in [-0.05, 0) is 37.0 Å². The van der Waals surface area contributed by atoms with E-state index in [0.29, 0.717) is 12.4 Å². The summed E-state index contributed by atoms with van der Waals surface area (Å²) in [7, 11) is 0. The van der Waals surface area contributed by atoms with E-state index in [0.717, 1.165) is 37.0 Å². The summed E-state index contributed by atoms with van der Waals surface area (Å²) >= 11 is 0. The molecule has 0 radical (unpaired) electrons. The number of halogens is 3. The smallest absolute Gasteiger partial charge is 0.348 e. The summed E-state index contributed by atoms with van der Waals surface area (Å²) < 4.78 is 38.1. The minimum Gasteiger partial charge on any atom is -0.348 e. The lowest BCUT2D eigenvalue weighted by atomic mass is 9.94. The minimum absolute atomic E-state index is 0.0606. The van der Waals surface area contributed by atoms with Crippen molar-refractivity contribution in [3.05, 3.63) is 53.6 Å². The third-order valence-electron chi connectivity index (χ3n) is 4.32. The van der Waals surface area contributed by atoms with Crippen LogP contribution in [0.15, 0.2) is 36.7 Å². The average molecular weight is 337 g/mol. The van der Waals surface area contributed by atoms with Crippen LogP contribution in [0.25, 0.3) is 0 Å². The number of benzene rings is 1. The van der Waals surface area contributed by atoms with Gasteiger partial charge in [0.05, 0.1) is 18.0 Å². The third-order valence-corrected chi connectivity index (χ3v) is 4.32. The van der Waals surface area contributed by atoms with Crippen LogP contribution in [-0.4, -0.2) is 27.3 Å². The molecular weight excluding hydrogens is 319 g/mol. The van der Waals surface area contributed by atoms with Crippen molar-refractivity contribution >= 4 is 5.91 Å². The highest BCUT2D eigenvalue weighted by Crippen LogP contribution is 2.34. The van der Waals surface area contributed by atoms with Crippen LogP contribution >= 0.6 is 0 Å². The topological polar surface area (TPSA) is 49.0 Å². The molecule has 1 N–H and O–H groups in total. The molecule has 0 spiro atoms. The van der Waals surface area contributed by atoms with Crippen molar-refractivity contribution in [1.82, 2.24) is 14.9 Å². The van der Waals surface area contributed by atoms with Crippen LogP contribution < -0.4 is 0 Å². The molecule has 1 saturated heterocycles. The number of nitrogens with zero attached hydrogens (tertiary/aromatic N) is 2. The standard InChI is InChI=1S/C17H18F3N3O/c18-17(19,20)13-6-4-12(5-7-13)14-3-1-2-10-23(14)16(24)11-15-21-8-9-22-15/h4-9,14H,1-3,10-11H2,(H,21,22). The molecule has 24 heavy (non-hydrogen) atoms. The van der Waals surface area contributed by atoms with Gasteiger partial charge in [-0.1, -0.05) is 12.1 Å². The monoisotopic (exact) mass is 337 g/mol. The number of rotatable bonds is 3. The number of nitrogens with one attached hydrogen (secondary N) is 1. The maximum atomic E-state index is 12.7. The number of piperidine rings is 1. The van der Waals surface area contributed by atoms with Gasteiger partial charge in [-0.3, -0.25) is 4.79 Å². The molecule has 2 aromatic rings. The lowest BCUT2D eigenvalue weighted by Gasteiger charge is -2.36. The predicted octanol–water partition coefficient (Wildman–Crippen LogP) is 3.72. The summed E-state index contributed by atoms with van der Waals surface area (Å²) in [5.41, 5.74) is 0.0750. The molecule has 4 nitrogen and oxygen atoms in total. The van der Waals surface area contributed by atoms with Crippen LogP contribution in [-0.2, 0) is 17.4 Å². The largest absolute Gasteiger partial charge is 0.416 e. The number of H-pyrrole nitrogens is 1. The van der Waals surface area contributed by atoms with E-state index in [4.69, 9.17) is 0 Å². The van der Waals surface area contributed by atoms with Gasteiger partial charge < -0.3 is 9.88 Å². The van der Waals surface area contributed by atoms with Crippen LogP contribution in [0.2, 0.25) is 0 Å². The third kappa shape index (κ3) is 3.60. The van der Waals surface area contributed by atoms with Gasteiger partial charge in [-0.25, -0.2) is 4.98 Å². The lowest BCUT2D eigenvalue weighted by Crippen LogP contribution is -2.39. The fraction of sp³-hybridized carbons (Fsp3) is 0.412.